The first-order chi connectivity index (χ1) is 9.61. The number of methoxy groups -OCH3 is 1. The molecule has 3 N–H and O–H groups in total. The second-order valence-electron chi connectivity index (χ2n) is 5.75. The molecular formula is C14H24N2O4. The summed E-state index contributed by atoms with van der Waals surface area (Å²) in [6.45, 7) is 0.668. The van der Waals surface area contributed by atoms with Gasteiger partial charge in [0.1, 0.15) is 0 Å². The highest BCUT2D eigenvalue weighted by Gasteiger charge is 2.34. The van der Waals surface area contributed by atoms with Gasteiger partial charge in [0, 0.05) is 19.7 Å². The summed E-state index contributed by atoms with van der Waals surface area (Å²) in [5, 5.41) is 15.4. The van der Waals surface area contributed by atoms with Gasteiger partial charge in [0.15, 0.2) is 0 Å². The summed E-state index contributed by atoms with van der Waals surface area (Å²) in [5.74, 6) is -1.35. The molecule has 6 heteroatoms. The molecule has 2 rings (SSSR count). The van der Waals surface area contributed by atoms with E-state index in [1.807, 2.05) is 0 Å². The van der Waals surface area contributed by atoms with Gasteiger partial charge in [-0.3, -0.25) is 9.59 Å². The minimum absolute atomic E-state index is 0.0650. The molecule has 1 saturated carbocycles. The van der Waals surface area contributed by atoms with Crippen LogP contribution < -0.4 is 10.6 Å². The van der Waals surface area contributed by atoms with Crippen LogP contribution in [-0.2, 0) is 14.3 Å². The molecule has 1 aliphatic carbocycles. The third-order valence-electron chi connectivity index (χ3n) is 4.40. The molecule has 0 aromatic heterocycles. The van der Waals surface area contributed by atoms with Gasteiger partial charge in [0.2, 0.25) is 5.91 Å². The average molecular weight is 284 g/mol. The maximum absolute atomic E-state index is 12.2. The normalized spacial score (nSPS) is 34.5. The van der Waals surface area contributed by atoms with Gasteiger partial charge in [-0.1, -0.05) is 19.3 Å². The lowest BCUT2D eigenvalue weighted by Crippen LogP contribution is -2.49. The van der Waals surface area contributed by atoms with E-state index < -0.39 is 11.9 Å². The fourth-order valence-corrected chi connectivity index (χ4v) is 3.14. The Morgan fingerprint density at radius 2 is 2.00 bits per heavy atom. The Balaban J connectivity index is 1.92. The maximum Gasteiger partial charge on any atom is 0.308 e. The number of hydrogen-bond donors (Lipinski definition) is 3. The first kappa shape index (κ1) is 15.3. The van der Waals surface area contributed by atoms with E-state index in [4.69, 9.17) is 4.74 Å². The molecule has 20 heavy (non-hydrogen) atoms. The Hall–Kier alpha value is -1.14. The number of aliphatic carboxylic acids is 1. The minimum atomic E-state index is -0.800. The van der Waals surface area contributed by atoms with E-state index in [9.17, 15) is 14.7 Å². The van der Waals surface area contributed by atoms with Gasteiger partial charge in [-0.25, -0.2) is 0 Å². The van der Waals surface area contributed by atoms with Gasteiger partial charge < -0.3 is 20.5 Å². The Labute approximate surface area is 119 Å². The van der Waals surface area contributed by atoms with Gasteiger partial charge in [0.25, 0.3) is 0 Å². The van der Waals surface area contributed by atoms with Crippen LogP contribution in [0.2, 0.25) is 0 Å². The van der Waals surface area contributed by atoms with Crippen LogP contribution in [-0.4, -0.2) is 48.8 Å². The molecule has 4 unspecified atom stereocenters. The highest BCUT2D eigenvalue weighted by atomic mass is 16.5. The van der Waals surface area contributed by atoms with Crippen molar-refractivity contribution in [2.75, 3.05) is 13.7 Å². The van der Waals surface area contributed by atoms with Gasteiger partial charge in [-0.2, -0.15) is 0 Å². The molecule has 0 bridgehead atoms. The number of rotatable bonds is 4. The zero-order valence-corrected chi connectivity index (χ0v) is 11.9. The summed E-state index contributed by atoms with van der Waals surface area (Å²) < 4.78 is 5.22. The van der Waals surface area contributed by atoms with Crippen LogP contribution in [0.4, 0.5) is 0 Å². The first-order valence-corrected chi connectivity index (χ1v) is 7.41. The predicted molar refractivity (Wildman–Crippen MR) is 73.3 cm³/mol. The van der Waals surface area contributed by atoms with Gasteiger partial charge >= 0.3 is 5.97 Å². The number of amides is 1. The zero-order chi connectivity index (χ0) is 14.5. The van der Waals surface area contributed by atoms with Gasteiger partial charge in [0.05, 0.1) is 18.1 Å². The molecule has 1 heterocycles. The minimum Gasteiger partial charge on any atom is -0.481 e. The van der Waals surface area contributed by atoms with Crippen LogP contribution in [0.1, 0.15) is 38.5 Å². The predicted octanol–water partition coefficient (Wildman–Crippen LogP) is 0.513. The fourth-order valence-electron chi connectivity index (χ4n) is 3.14. The number of carboxylic acids is 1. The van der Waals surface area contributed by atoms with Crippen molar-refractivity contribution in [1.82, 2.24) is 10.6 Å². The number of hydrogen-bond acceptors (Lipinski definition) is 4. The Kier molecular flexibility index (Phi) is 5.37. The van der Waals surface area contributed by atoms with E-state index in [0.29, 0.717) is 19.4 Å². The van der Waals surface area contributed by atoms with Gasteiger partial charge in [-0.15, -0.1) is 0 Å². The second-order valence-corrected chi connectivity index (χ2v) is 5.75. The lowest BCUT2D eigenvalue weighted by molar-refractivity contribution is -0.143. The van der Waals surface area contributed by atoms with Crippen LogP contribution in [0.15, 0.2) is 0 Å². The number of carbonyl (C=O) groups excluding carboxylic acids is 1. The van der Waals surface area contributed by atoms with Crippen LogP contribution in [0, 0.1) is 5.92 Å². The molecule has 2 fully saturated rings. The number of carbonyl (C=O) groups is 2. The van der Waals surface area contributed by atoms with E-state index in [1.165, 1.54) is 0 Å². The molecule has 1 saturated heterocycles. The largest absolute Gasteiger partial charge is 0.481 e. The zero-order valence-electron chi connectivity index (χ0n) is 11.9. The smallest absolute Gasteiger partial charge is 0.308 e. The van der Waals surface area contributed by atoms with E-state index in [-0.39, 0.29) is 24.1 Å². The summed E-state index contributed by atoms with van der Waals surface area (Å²) in [5.41, 5.74) is 0. The monoisotopic (exact) mass is 284 g/mol. The highest BCUT2D eigenvalue weighted by Crippen LogP contribution is 2.24. The van der Waals surface area contributed by atoms with Crippen molar-refractivity contribution < 1.29 is 19.4 Å². The molecule has 0 aromatic rings. The Morgan fingerprint density at radius 3 is 2.65 bits per heavy atom. The van der Waals surface area contributed by atoms with Crippen LogP contribution in [0.3, 0.4) is 0 Å². The van der Waals surface area contributed by atoms with Gasteiger partial charge in [-0.05, 0) is 19.3 Å². The summed E-state index contributed by atoms with van der Waals surface area (Å²) in [6, 6.07) is -0.511. The molecular weight excluding hydrogens is 260 g/mol. The molecule has 0 spiro atoms. The van der Waals surface area contributed by atoms with Crippen LogP contribution in [0.5, 0.6) is 0 Å². The third-order valence-corrected chi connectivity index (χ3v) is 4.40. The molecule has 0 aromatic carbocycles. The van der Waals surface area contributed by atoms with E-state index >= 15 is 0 Å². The topological polar surface area (TPSA) is 87.7 Å². The molecule has 4 atom stereocenters. The molecule has 0 radical (unpaired) electrons. The average Bonchev–Trinajstić information content (AvgIpc) is 2.79. The second kappa shape index (κ2) is 7.04. The third kappa shape index (κ3) is 3.70. The molecule has 6 nitrogen and oxygen atoms in total. The van der Waals surface area contributed by atoms with Crippen LogP contribution >= 0.6 is 0 Å². The summed E-state index contributed by atoms with van der Waals surface area (Å²) >= 11 is 0. The Morgan fingerprint density at radius 1 is 1.25 bits per heavy atom. The SMILES string of the molecule is COC1CNC(C(=O)NC2CCCCCC2C(=O)O)C1. The summed E-state index contributed by atoms with van der Waals surface area (Å²) in [4.78, 5) is 23.6. The summed E-state index contributed by atoms with van der Waals surface area (Å²) in [6.07, 6.45) is 5.07. The number of nitrogens with one attached hydrogen (secondary N) is 2. The lowest BCUT2D eigenvalue weighted by atomic mass is 9.94. The highest BCUT2D eigenvalue weighted by molar-refractivity contribution is 5.83. The van der Waals surface area contributed by atoms with Crippen LogP contribution in [0.25, 0.3) is 0 Å². The van der Waals surface area contributed by atoms with Crippen molar-refractivity contribution in [2.24, 2.45) is 5.92 Å². The quantitative estimate of drug-likeness (QED) is 0.655. The van der Waals surface area contributed by atoms with Crippen molar-refractivity contribution in [3.05, 3.63) is 0 Å². The van der Waals surface area contributed by atoms with E-state index in [2.05, 4.69) is 10.6 Å². The van der Waals surface area contributed by atoms with Crippen molar-refractivity contribution >= 4 is 11.9 Å². The van der Waals surface area contributed by atoms with Crippen molar-refractivity contribution in [3.8, 4) is 0 Å². The van der Waals surface area contributed by atoms with Crippen molar-refractivity contribution in [1.29, 1.82) is 0 Å². The van der Waals surface area contributed by atoms with Crippen molar-refractivity contribution in [2.45, 2.75) is 56.7 Å². The first-order valence-electron chi connectivity index (χ1n) is 7.41. The molecule has 2 aliphatic rings. The lowest BCUT2D eigenvalue weighted by Gasteiger charge is -2.24. The Bertz CT molecular complexity index is 361. The van der Waals surface area contributed by atoms with Crippen molar-refractivity contribution in [3.63, 3.8) is 0 Å². The number of carboxylic acid groups (broad SMARTS) is 1. The fraction of sp³-hybridized carbons (Fsp3) is 0.857. The van der Waals surface area contributed by atoms with E-state index in [0.717, 1.165) is 25.7 Å². The molecule has 114 valence electrons. The standard InChI is InChI=1S/C14H24N2O4/c1-20-9-7-12(15-8-9)13(17)16-11-6-4-2-3-5-10(11)14(18)19/h9-12,15H,2-8H2,1H3,(H,16,17)(H,18,19). The van der Waals surface area contributed by atoms with E-state index in [1.54, 1.807) is 7.11 Å². The summed E-state index contributed by atoms with van der Waals surface area (Å²) in [7, 11) is 1.64. The molecule has 1 aliphatic heterocycles. The molecule has 1 amide bonds. The maximum atomic E-state index is 12.2. The number of ether oxygens (including phenoxy) is 1.